The number of carbonyl (C=O) groups excluding carboxylic acids is 2. The zero-order valence-corrected chi connectivity index (χ0v) is 10.8. The molecule has 1 rings (SSSR count). The second-order valence-corrected chi connectivity index (χ2v) is 3.88. The van der Waals surface area contributed by atoms with E-state index in [-0.39, 0.29) is 5.78 Å². The van der Waals surface area contributed by atoms with Crippen LogP contribution in [0.15, 0.2) is 18.2 Å². The molecule has 0 saturated heterocycles. The molecule has 0 aliphatic carbocycles. The third kappa shape index (κ3) is 3.96. The van der Waals surface area contributed by atoms with Crippen LogP contribution in [0.25, 0.3) is 0 Å². The Morgan fingerprint density at radius 3 is 2.72 bits per heavy atom. The number of carbonyl (C=O) groups is 2. The quantitative estimate of drug-likeness (QED) is 0.404. The summed E-state index contributed by atoms with van der Waals surface area (Å²) in [6, 6.07) is 4.92. The van der Waals surface area contributed by atoms with Crippen LogP contribution in [0.4, 0.5) is 0 Å². The van der Waals surface area contributed by atoms with Crippen molar-refractivity contribution in [1.29, 1.82) is 0 Å². The average molecular weight is 250 g/mol. The van der Waals surface area contributed by atoms with Crippen LogP contribution >= 0.6 is 0 Å². The van der Waals surface area contributed by atoms with Crippen LogP contribution in [-0.2, 0) is 4.74 Å². The van der Waals surface area contributed by atoms with E-state index in [1.165, 1.54) is 0 Å². The van der Waals surface area contributed by atoms with Crippen LogP contribution in [0.2, 0.25) is 0 Å². The first-order chi connectivity index (χ1) is 8.72. The number of ketones is 1. The van der Waals surface area contributed by atoms with E-state index in [9.17, 15) is 9.59 Å². The standard InChI is InChI=1S/C14H18O4/c1-3-4-13(16)11-5-6-14(12(9-11)10-15)18-8-7-17-2/h5-6,9-10H,3-4,7-8H2,1-2H3. The molecular formula is C14H18O4. The van der Waals surface area contributed by atoms with Gasteiger partial charge in [-0.05, 0) is 24.6 Å². The van der Waals surface area contributed by atoms with Crippen LogP contribution in [0.1, 0.15) is 40.5 Å². The molecule has 0 radical (unpaired) electrons. The number of Topliss-reactive ketones (excluding diaryl/α,β-unsaturated/α-hetero) is 1. The van der Waals surface area contributed by atoms with Crippen LogP contribution in [0.3, 0.4) is 0 Å². The van der Waals surface area contributed by atoms with Gasteiger partial charge in [0.25, 0.3) is 0 Å². The molecule has 0 bridgehead atoms. The molecule has 4 heteroatoms. The minimum atomic E-state index is 0.0454. The predicted molar refractivity (Wildman–Crippen MR) is 68.4 cm³/mol. The summed E-state index contributed by atoms with van der Waals surface area (Å²) < 4.78 is 10.3. The fraction of sp³-hybridized carbons (Fsp3) is 0.429. The van der Waals surface area contributed by atoms with Crippen LogP contribution in [0, 0.1) is 0 Å². The molecule has 0 amide bonds. The van der Waals surface area contributed by atoms with Gasteiger partial charge in [0.1, 0.15) is 12.4 Å². The Labute approximate surface area is 107 Å². The Bertz CT molecular complexity index is 412. The van der Waals surface area contributed by atoms with Gasteiger partial charge in [0.15, 0.2) is 12.1 Å². The molecule has 0 unspecified atom stereocenters. The molecule has 4 nitrogen and oxygen atoms in total. The van der Waals surface area contributed by atoms with Gasteiger partial charge in [-0.3, -0.25) is 9.59 Å². The number of benzene rings is 1. The Balaban J connectivity index is 2.82. The summed E-state index contributed by atoms with van der Waals surface area (Å²) in [7, 11) is 1.58. The molecule has 1 aromatic rings. The van der Waals surface area contributed by atoms with E-state index in [0.29, 0.717) is 42.8 Å². The molecule has 0 saturated carbocycles. The fourth-order valence-corrected chi connectivity index (χ4v) is 1.55. The van der Waals surface area contributed by atoms with Crippen LogP contribution < -0.4 is 4.74 Å². The van der Waals surface area contributed by atoms with Gasteiger partial charge in [0.05, 0.1) is 12.2 Å². The highest BCUT2D eigenvalue weighted by Gasteiger charge is 2.09. The number of rotatable bonds is 8. The molecule has 0 atom stereocenters. The number of ether oxygens (including phenoxy) is 2. The summed E-state index contributed by atoms with van der Waals surface area (Å²) in [5.41, 5.74) is 0.950. The van der Waals surface area contributed by atoms with Crippen LogP contribution in [0.5, 0.6) is 5.75 Å². The summed E-state index contributed by atoms with van der Waals surface area (Å²) in [6.45, 7) is 2.77. The lowest BCUT2D eigenvalue weighted by atomic mass is 10.0. The maximum Gasteiger partial charge on any atom is 0.162 e. The first-order valence-corrected chi connectivity index (χ1v) is 5.97. The van der Waals surface area contributed by atoms with Crippen molar-refractivity contribution < 1.29 is 19.1 Å². The van der Waals surface area contributed by atoms with Crippen LogP contribution in [-0.4, -0.2) is 32.4 Å². The van der Waals surface area contributed by atoms with Gasteiger partial charge in [-0.25, -0.2) is 0 Å². The monoisotopic (exact) mass is 250 g/mol. The molecule has 18 heavy (non-hydrogen) atoms. The Kier molecular flexibility index (Phi) is 6.08. The summed E-state index contributed by atoms with van der Waals surface area (Å²) in [4.78, 5) is 22.7. The van der Waals surface area contributed by atoms with Gasteiger partial charge in [0, 0.05) is 19.1 Å². The lowest BCUT2D eigenvalue weighted by molar-refractivity contribution is 0.0981. The molecule has 1 aromatic carbocycles. The first kappa shape index (κ1) is 14.4. The Morgan fingerprint density at radius 1 is 1.33 bits per heavy atom. The second-order valence-electron chi connectivity index (χ2n) is 3.88. The van der Waals surface area contributed by atoms with E-state index in [1.54, 1.807) is 25.3 Å². The molecule has 0 N–H and O–H groups in total. The topological polar surface area (TPSA) is 52.6 Å². The van der Waals surface area contributed by atoms with Crippen molar-refractivity contribution >= 4 is 12.1 Å². The van der Waals surface area contributed by atoms with E-state index in [4.69, 9.17) is 9.47 Å². The minimum absolute atomic E-state index is 0.0454. The van der Waals surface area contributed by atoms with E-state index in [1.807, 2.05) is 6.92 Å². The van der Waals surface area contributed by atoms with Crippen molar-refractivity contribution in [2.45, 2.75) is 19.8 Å². The van der Waals surface area contributed by atoms with E-state index >= 15 is 0 Å². The number of hydrogen-bond donors (Lipinski definition) is 0. The normalized spacial score (nSPS) is 10.1. The van der Waals surface area contributed by atoms with Gasteiger partial charge in [0.2, 0.25) is 0 Å². The number of aldehydes is 1. The van der Waals surface area contributed by atoms with Gasteiger partial charge in [-0.15, -0.1) is 0 Å². The first-order valence-electron chi connectivity index (χ1n) is 5.97. The molecule has 98 valence electrons. The highest BCUT2D eigenvalue weighted by atomic mass is 16.5. The molecule has 0 aliphatic rings. The average Bonchev–Trinajstić information content (AvgIpc) is 2.39. The van der Waals surface area contributed by atoms with Gasteiger partial charge < -0.3 is 9.47 Å². The summed E-state index contributed by atoms with van der Waals surface area (Å²) in [5, 5.41) is 0. The zero-order chi connectivity index (χ0) is 13.4. The summed E-state index contributed by atoms with van der Waals surface area (Å²) in [6.07, 6.45) is 1.98. The van der Waals surface area contributed by atoms with E-state index in [0.717, 1.165) is 6.42 Å². The van der Waals surface area contributed by atoms with Crippen molar-refractivity contribution in [2.24, 2.45) is 0 Å². The lowest BCUT2D eigenvalue weighted by Crippen LogP contribution is -2.07. The molecule has 0 aromatic heterocycles. The second kappa shape index (κ2) is 7.61. The number of methoxy groups -OCH3 is 1. The Morgan fingerprint density at radius 2 is 2.11 bits per heavy atom. The van der Waals surface area contributed by atoms with Crippen molar-refractivity contribution in [2.75, 3.05) is 20.3 Å². The molecule has 0 aliphatic heterocycles. The van der Waals surface area contributed by atoms with E-state index < -0.39 is 0 Å². The van der Waals surface area contributed by atoms with E-state index in [2.05, 4.69) is 0 Å². The molecule has 0 fully saturated rings. The molecule has 0 spiro atoms. The third-order valence-corrected chi connectivity index (χ3v) is 2.48. The van der Waals surface area contributed by atoms with Crippen molar-refractivity contribution in [3.8, 4) is 5.75 Å². The SMILES string of the molecule is CCCC(=O)c1ccc(OCCOC)c(C=O)c1. The number of hydrogen-bond acceptors (Lipinski definition) is 4. The summed E-state index contributed by atoms with van der Waals surface area (Å²) in [5.74, 6) is 0.527. The molecular weight excluding hydrogens is 232 g/mol. The van der Waals surface area contributed by atoms with Crippen molar-refractivity contribution in [3.63, 3.8) is 0 Å². The Hall–Kier alpha value is -1.68. The third-order valence-electron chi connectivity index (χ3n) is 2.48. The van der Waals surface area contributed by atoms with Crippen molar-refractivity contribution in [3.05, 3.63) is 29.3 Å². The maximum atomic E-state index is 11.7. The largest absolute Gasteiger partial charge is 0.490 e. The van der Waals surface area contributed by atoms with Gasteiger partial charge in [-0.2, -0.15) is 0 Å². The smallest absolute Gasteiger partial charge is 0.162 e. The van der Waals surface area contributed by atoms with Crippen molar-refractivity contribution in [1.82, 2.24) is 0 Å². The minimum Gasteiger partial charge on any atom is -0.490 e. The zero-order valence-electron chi connectivity index (χ0n) is 10.8. The highest BCUT2D eigenvalue weighted by Crippen LogP contribution is 2.19. The fourth-order valence-electron chi connectivity index (χ4n) is 1.55. The molecule has 0 heterocycles. The highest BCUT2D eigenvalue weighted by molar-refractivity contribution is 5.98. The van der Waals surface area contributed by atoms with Gasteiger partial charge >= 0.3 is 0 Å². The predicted octanol–water partition coefficient (Wildman–Crippen LogP) is 2.51. The van der Waals surface area contributed by atoms with Gasteiger partial charge in [-0.1, -0.05) is 6.92 Å². The summed E-state index contributed by atoms with van der Waals surface area (Å²) >= 11 is 0. The maximum absolute atomic E-state index is 11.7. The lowest BCUT2D eigenvalue weighted by Gasteiger charge is -2.09.